The SMILES string of the molecule is Cc1ccc(NC(=O)c2cc(S(=O)(=O)NC(C)(C)C)ccc2C)c(O)c1. The number of rotatable bonds is 4. The van der Waals surface area contributed by atoms with Gasteiger partial charge in [0.2, 0.25) is 10.0 Å². The van der Waals surface area contributed by atoms with Crippen LogP contribution in [0.1, 0.15) is 42.3 Å². The first kappa shape index (κ1) is 19.9. The molecule has 0 atom stereocenters. The maximum atomic E-state index is 12.6. The summed E-state index contributed by atoms with van der Waals surface area (Å²) in [7, 11) is -3.76. The first-order valence-electron chi connectivity index (χ1n) is 8.15. The topological polar surface area (TPSA) is 95.5 Å². The summed E-state index contributed by atoms with van der Waals surface area (Å²) in [6.07, 6.45) is 0. The van der Waals surface area contributed by atoms with Crippen LogP contribution in [0.4, 0.5) is 5.69 Å². The molecule has 2 aromatic rings. The van der Waals surface area contributed by atoms with Crippen LogP contribution in [0.3, 0.4) is 0 Å². The minimum Gasteiger partial charge on any atom is -0.506 e. The van der Waals surface area contributed by atoms with Gasteiger partial charge in [-0.15, -0.1) is 0 Å². The molecule has 0 aromatic heterocycles. The monoisotopic (exact) mass is 376 g/mol. The summed E-state index contributed by atoms with van der Waals surface area (Å²) in [5.74, 6) is -0.538. The second-order valence-electron chi connectivity index (χ2n) is 7.31. The average molecular weight is 376 g/mol. The number of hydrogen-bond donors (Lipinski definition) is 3. The number of aromatic hydroxyl groups is 1. The minimum absolute atomic E-state index is 0.0105. The van der Waals surface area contributed by atoms with Gasteiger partial charge in [0.15, 0.2) is 0 Å². The van der Waals surface area contributed by atoms with Crippen molar-refractivity contribution in [1.29, 1.82) is 0 Å². The number of carbonyl (C=O) groups is 1. The minimum atomic E-state index is -3.76. The van der Waals surface area contributed by atoms with Crippen LogP contribution in [-0.2, 0) is 10.0 Å². The molecule has 0 saturated carbocycles. The summed E-state index contributed by atoms with van der Waals surface area (Å²) in [5, 5.41) is 12.6. The molecular weight excluding hydrogens is 352 g/mol. The van der Waals surface area contributed by atoms with Crippen molar-refractivity contribution >= 4 is 21.6 Å². The van der Waals surface area contributed by atoms with E-state index in [1.165, 1.54) is 18.2 Å². The lowest BCUT2D eigenvalue weighted by atomic mass is 10.1. The fourth-order valence-corrected chi connectivity index (χ4v) is 3.86. The van der Waals surface area contributed by atoms with Crippen LogP contribution in [0, 0.1) is 13.8 Å². The first-order valence-corrected chi connectivity index (χ1v) is 9.63. The van der Waals surface area contributed by atoms with Crippen LogP contribution in [0.5, 0.6) is 5.75 Å². The van der Waals surface area contributed by atoms with E-state index in [0.29, 0.717) is 5.56 Å². The van der Waals surface area contributed by atoms with Crippen molar-refractivity contribution in [3.8, 4) is 5.75 Å². The summed E-state index contributed by atoms with van der Waals surface area (Å²) in [6, 6.07) is 9.28. The highest BCUT2D eigenvalue weighted by Gasteiger charge is 2.23. The van der Waals surface area contributed by atoms with Crippen molar-refractivity contribution in [2.75, 3.05) is 5.32 Å². The second-order valence-corrected chi connectivity index (χ2v) is 8.99. The maximum Gasteiger partial charge on any atom is 0.256 e. The molecule has 0 fully saturated rings. The van der Waals surface area contributed by atoms with E-state index in [0.717, 1.165) is 5.56 Å². The second kappa shape index (κ2) is 7.09. The Labute approximate surface area is 154 Å². The van der Waals surface area contributed by atoms with Crippen LogP contribution < -0.4 is 10.0 Å². The zero-order valence-corrected chi connectivity index (χ0v) is 16.4. The Balaban J connectivity index is 2.36. The Morgan fingerprint density at radius 3 is 2.27 bits per heavy atom. The summed E-state index contributed by atoms with van der Waals surface area (Å²) >= 11 is 0. The van der Waals surface area contributed by atoms with Crippen molar-refractivity contribution in [2.45, 2.75) is 45.1 Å². The quantitative estimate of drug-likeness (QED) is 0.713. The highest BCUT2D eigenvalue weighted by Crippen LogP contribution is 2.25. The third-order valence-corrected chi connectivity index (χ3v) is 5.36. The number of nitrogens with one attached hydrogen (secondary N) is 2. The highest BCUT2D eigenvalue weighted by atomic mass is 32.2. The molecule has 6 nitrogen and oxygen atoms in total. The summed E-state index contributed by atoms with van der Waals surface area (Å²) < 4.78 is 27.6. The lowest BCUT2D eigenvalue weighted by Gasteiger charge is -2.20. The van der Waals surface area contributed by atoms with Crippen molar-refractivity contribution < 1.29 is 18.3 Å². The molecule has 1 amide bonds. The van der Waals surface area contributed by atoms with Crippen molar-refractivity contribution in [2.24, 2.45) is 0 Å². The van der Waals surface area contributed by atoms with E-state index in [4.69, 9.17) is 0 Å². The third kappa shape index (κ3) is 4.83. The van der Waals surface area contributed by atoms with E-state index in [-0.39, 0.29) is 21.9 Å². The van der Waals surface area contributed by atoms with Gasteiger partial charge >= 0.3 is 0 Å². The predicted molar refractivity (Wildman–Crippen MR) is 102 cm³/mol. The molecule has 2 rings (SSSR count). The van der Waals surface area contributed by atoms with Crippen LogP contribution >= 0.6 is 0 Å². The number of anilines is 1. The van der Waals surface area contributed by atoms with Crippen LogP contribution in [0.15, 0.2) is 41.3 Å². The number of phenols is 1. The average Bonchev–Trinajstić information content (AvgIpc) is 2.47. The summed E-state index contributed by atoms with van der Waals surface area (Å²) in [5.41, 5.74) is 1.34. The number of amides is 1. The van der Waals surface area contributed by atoms with Crippen molar-refractivity contribution in [3.63, 3.8) is 0 Å². The molecule has 0 heterocycles. The largest absolute Gasteiger partial charge is 0.506 e. The highest BCUT2D eigenvalue weighted by molar-refractivity contribution is 7.89. The molecule has 26 heavy (non-hydrogen) atoms. The van der Waals surface area contributed by atoms with Gasteiger partial charge in [-0.25, -0.2) is 13.1 Å². The Bertz CT molecular complexity index is 944. The van der Waals surface area contributed by atoms with Crippen LogP contribution in [0.2, 0.25) is 0 Å². The molecule has 0 unspecified atom stereocenters. The number of aryl methyl sites for hydroxylation is 2. The fraction of sp³-hybridized carbons (Fsp3) is 0.316. The molecule has 140 valence electrons. The molecule has 0 bridgehead atoms. The number of hydrogen-bond acceptors (Lipinski definition) is 4. The zero-order chi connectivity index (χ0) is 19.7. The van der Waals surface area contributed by atoms with Gasteiger partial charge in [0.25, 0.3) is 5.91 Å². The van der Waals surface area contributed by atoms with Crippen LogP contribution in [-0.4, -0.2) is 25.0 Å². The molecule has 0 aliphatic rings. The summed E-state index contributed by atoms with van der Waals surface area (Å²) in [4.78, 5) is 12.6. The Hall–Kier alpha value is -2.38. The molecule has 0 spiro atoms. The van der Waals surface area contributed by atoms with Crippen molar-refractivity contribution in [1.82, 2.24) is 4.72 Å². The van der Waals surface area contributed by atoms with Gasteiger partial charge in [0, 0.05) is 11.1 Å². The lowest BCUT2D eigenvalue weighted by molar-refractivity contribution is 0.102. The van der Waals surface area contributed by atoms with E-state index in [1.54, 1.807) is 45.9 Å². The third-order valence-electron chi connectivity index (χ3n) is 3.61. The van der Waals surface area contributed by atoms with Gasteiger partial charge in [-0.1, -0.05) is 12.1 Å². The molecular formula is C19H24N2O4S. The van der Waals surface area contributed by atoms with Gasteiger partial charge in [-0.3, -0.25) is 4.79 Å². The Kier molecular flexibility index (Phi) is 5.44. The van der Waals surface area contributed by atoms with Gasteiger partial charge in [-0.05, 0) is 70.0 Å². The normalized spacial score (nSPS) is 12.0. The van der Waals surface area contributed by atoms with E-state index in [2.05, 4.69) is 10.0 Å². The number of phenolic OH excluding ortho intramolecular Hbond substituents is 1. The van der Waals surface area contributed by atoms with Gasteiger partial charge in [0.05, 0.1) is 10.6 Å². The molecule has 7 heteroatoms. The number of benzene rings is 2. The summed E-state index contributed by atoms with van der Waals surface area (Å²) in [6.45, 7) is 8.77. The smallest absolute Gasteiger partial charge is 0.256 e. The van der Waals surface area contributed by atoms with E-state index >= 15 is 0 Å². The molecule has 0 aliphatic carbocycles. The number of sulfonamides is 1. The van der Waals surface area contributed by atoms with Crippen molar-refractivity contribution in [3.05, 3.63) is 53.1 Å². The number of carbonyl (C=O) groups excluding carboxylic acids is 1. The maximum absolute atomic E-state index is 12.6. The predicted octanol–water partition coefficient (Wildman–Crippen LogP) is 3.34. The van der Waals surface area contributed by atoms with E-state index in [1.807, 2.05) is 6.92 Å². The standard InChI is InChI=1S/C19H24N2O4S/c1-12-6-9-16(17(22)10-12)20-18(23)15-11-14(8-7-13(15)2)26(24,25)21-19(3,4)5/h6-11,21-22H,1-5H3,(H,20,23). The molecule has 2 aromatic carbocycles. The van der Waals surface area contributed by atoms with Gasteiger partial charge in [-0.2, -0.15) is 0 Å². The Morgan fingerprint density at radius 1 is 1.04 bits per heavy atom. The lowest BCUT2D eigenvalue weighted by Crippen LogP contribution is -2.40. The zero-order valence-electron chi connectivity index (χ0n) is 15.5. The van der Waals surface area contributed by atoms with Gasteiger partial charge < -0.3 is 10.4 Å². The Morgan fingerprint density at radius 2 is 1.69 bits per heavy atom. The van der Waals surface area contributed by atoms with Gasteiger partial charge in [0.1, 0.15) is 5.75 Å². The fourth-order valence-electron chi connectivity index (χ4n) is 2.41. The molecule has 3 N–H and O–H groups in total. The molecule has 0 saturated heterocycles. The van der Waals surface area contributed by atoms with E-state index < -0.39 is 21.5 Å². The first-order chi connectivity index (χ1) is 11.9. The molecule has 0 radical (unpaired) electrons. The van der Waals surface area contributed by atoms with E-state index in [9.17, 15) is 18.3 Å². The molecule has 0 aliphatic heterocycles. The van der Waals surface area contributed by atoms with Crippen LogP contribution in [0.25, 0.3) is 0 Å².